The average molecular weight is 234 g/mol. The molecular formula is C14H18O3. The monoisotopic (exact) mass is 234 g/mol. The smallest absolute Gasteiger partial charge is 0.174 e. The molecule has 92 valence electrons. The molecule has 2 atom stereocenters. The van der Waals surface area contributed by atoms with Crippen LogP contribution in [0.1, 0.15) is 40.5 Å². The molecule has 0 unspecified atom stereocenters. The molecule has 0 aromatic heterocycles. The Morgan fingerprint density at radius 3 is 2.47 bits per heavy atom. The first-order valence-electron chi connectivity index (χ1n) is 5.93. The molecule has 3 heteroatoms. The van der Waals surface area contributed by atoms with Gasteiger partial charge in [0, 0.05) is 11.3 Å². The highest BCUT2D eigenvalue weighted by Crippen LogP contribution is 2.53. The minimum absolute atomic E-state index is 0.00634. The van der Waals surface area contributed by atoms with Crippen LogP contribution in [0.4, 0.5) is 0 Å². The van der Waals surface area contributed by atoms with Crippen LogP contribution >= 0.6 is 0 Å². The highest BCUT2D eigenvalue weighted by atomic mass is 16.3. The van der Waals surface area contributed by atoms with Crippen molar-refractivity contribution in [1.82, 2.24) is 0 Å². The zero-order chi connectivity index (χ0) is 13.0. The van der Waals surface area contributed by atoms with E-state index in [1.165, 1.54) is 18.1 Å². The minimum atomic E-state index is -0.568. The Morgan fingerprint density at radius 1 is 1.35 bits per heavy atom. The van der Waals surface area contributed by atoms with Crippen molar-refractivity contribution in [3.05, 3.63) is 22.5 Å². The number of allylic oxidation sites excluding steroid dienone is 4. The summed E-state index contributed by atoms with van der Waals surface area (Å²) in [7, 11) is 0. The molecule has 2 aliphatic rings. The van der Waals surface area contributed by atoms with Crippen molar-refractivity contribution in [3.8, 4) is 0 Å². The van der Waals surface area contributed by atoms with Crippen molar-refractivity contribution in [3.63, 3.8) is 0 Å². The lowest BCUT2D eigenvalue weighted by molar-refractivity contribution is -0.123. The highest BCUT2D eigenvalue weighted by molar-refractivity contribution is 6.22. The second-order valence-corrected chi connectivity index (χ2v) is 5.56. The molecular weight excluding hydrogens is 216 g/mol. The van der Waals surface area contributed by atoms with E-state index in [0.29, 0.717) is 12.8 Å². The number of rotatable bonds is 1. The molecule has 0 aliphatic heterocycles. The first-order chi connectivity index (χ1) is 7.79. The molecule has 1 N–H and O–H groups in total. The Bertz CT molecular complexity index is 482. The van der Waals surface area contributed by atoms with Crippen molar-refractivity contribution in [2.75, 3.05) is 0 Å². The molecule has 0 spiro atoms. The molecule has 0 saturated carbocycles. The molecule has 0 amide bonds. The van der Waals surface area contributed by atoms with E-state index in [1.54, 1.807) is 0 Å². The number of hydrogen-bond acceptors (Lipinski definition) is 3. The van der Waals surface area contributed by atoms with Crippen molar-refractivity contribution >= 4 is 11.6 Å². The van der Waals surface area contributed by atoms with E-state index < -0.39 is 5.41 Å². The third-order valence-electron chi connectivity index (χ3n) is 4.33. The molecule has 0 saturated heterocycles. The SMILES string of the molecule is CC(=O)C1=C(O)[C@@]2(C)CC(C)=C(C)C[C@H]2C1=O. The Balaban J connectivity index is 2.54. The fourth-order valence-electron chi connectivity index (χ4n) is 3.08. The maximum atomic E-state index is 12.2. The van der Waals surface area contributed by atoms with Gasteiger partial charge in [-0.25, -0.2) is 0 Å². The normalized spacial score (nSPS) is 33.2. The van der Waals surface area contributed by atoms with Crippen molar-refractivity contribution in [2.45, 2.75) is 40.5 Å². The van der Waals surface area contributed by atoms with Gasteiger partial charge in [0.1, 0.15) is 5.76 Å². The highest BCUT2D eigenvalue weighted by Gasteiger charge is 2.53. The number of fused-ring (bicyclic) bond motifs is 1. The van der Waals surface area contributed by atoms with Gasteiger partial charge in [-0.15, -0.1) is 0 Å². The number of aliphatic hydroxyl groups is 1. The summed E-state index contributed by atoms with van der Waals surface area (Å²) in [5, 5.41) is 10.2. The fraction of sp³-hybridized carbons (Fsp3) is 0.571. The summed E-state index contributed by atoms with van der Waals surface area (Å²) in [6, 6.07) is 0. The van der Waals surface area contributed by atoms with Crippen molar-refractivity contribution in [1.29, 1.82) is 0 Å². The van der Waals surface area contributed by atoms with E-state index in [9.17, 15) is 14.7 Å². The van der Waals surface area contributed by atoms with Crippen LogP contribution in [0.5, 0.6) is 0 Å². The van der Waals surface area contributed by atoms with Gasteiger partial charge in [-0.2, -0.15) is 0 Å². The Kier molecular flexibility index (Phi) is 2.53. The van der Waals surface area contributed by atoms with Crippen LogP contribution in [0.3, 0.4) is 0 Å². The second-order valence-electron chi connectivity index (χ2n) is 5.56. The summed E-state index contributed by atoms with van der Waals surface area (Å²) in [5.41, 5.74) is 1.88. The summed E-state index contributed by atoms with van der Waals surface area (Å²) in [6.07, 6.45) is 1.32. The van der Waals surface area contributed by atoms with Crippen LogP contribution in [-0.4, -0.2) is 16.7 Å². The summed E-state index contributed by atoms with van der Waals surface area (Å²) >= 11 is 0. The van der Waals surface area contributed by atoms with Crippen LogP contribution in [0.25, 0.3) is 0 Å². The maximum absolute atomic E-state index is 12.2. The third-order valence-corrected chi connectivity index (χ3v) is 4.33. The van der Waals surface area contributed by atoms with Gasteiger partial charge < -0.3 is 5.11 Å². The largest absolute Gasteiger partial charge is 0.511 e. The molecule has 0 aromatic rings. The number of hydrogen-bond donors (Lipinski definition) is 1. The van der Waals surface area contributed by atoms with Crippen LogP contribution in [-0.2, 0) is 9.59 Å². The lowest BCUT2D eigenvalue weighted by atomic mass is 9.67. The predicted molar refractivity (Wildman–Crippen MR) is 64.5 cm³/mol. The summed E-state index contributed by atoms with van der Waals surface area (Å²) in [5.74, 6) is -0.750. The molecule has 0 aromatic carbocycles. The van der Waals surface area contributed by atoms with Crippen molar-refractivity contribution < 1.29 is 14.7 Å². The average Bonchev–Trinajstić information content (AvgIpc) is 2.39. The first-order valence-corrected chi connectivity index (χ1v) is 5.93. The van der Waals surface area contributed by atoms with Gasteiger partial charge in [-0.3, -0.25) is 9.59 Å². The molecule has 0 bridgehead atoms. The van der Waals surface area contributed by atoms with Gasteiger partial charge in [-0.05, 0) is 33.6 Å². The first kappa shape index (κ1) is 12.1. The third kappa shape index (κ3) is 1.48. The molecule has 17 heavy (non-hydrogen) atoms. The fourth-order valence-corrected chi connectivity index (χ4v) is 3.08. The molecule has 0 fully saturated rings. The van der Waals surface area contributed by atoms with Crippen molar-refractivity contribution in [2.24, 2.45) is 11.3 Å². The molecule has 0 heterocycles. The van der Waals surface area contributed by atoms with Gasteiger partial charge in [0.25, 0.3) is 0 Å². The van der Waals surface area contributed by atoms with E-state index in [2.05, 4.69) is 0 Å². The molecule has 0 radical (unpaired) electrons. The second kappa shape index (κ2) is 3.56. The predicted octanol–water partition coefficient (Wildman–Crippen LogP) is 2.72. The van der Waals surface area contributed by atoms with Crippen LogP contribution in [0, 0.1) is 11.3 Å². The van der Waals surface area contributed by atoms with E-state index in [0.717, 1.165) is 0 Å². The zero-order valence-corrected chi connectivity index (χ0v) is 10.8. The zero-order valence-electron chi connectivity index (χ0n) is 10.8. The van der Waals surface area contributed by atoms with Gasteiger partial charge >= 0.3 is 0 Å². The maximum Gasteiger partial charge on any atom is 0.174 e. The minimum Gasteiger partial charge on any atom is -0.511 e. The van der Waals surface area contributed by atoms with Crippen LogP contribution in [0.15, 0.2) is 22.5 Å². The number of ketones is 2. The summed E-state index contributed by atoms with van der Waals surface area (Å²) in [4.78, 5) is 23.7. The lowest BCUT2D eigenvalue weighted by Crippen LogP contribution is -2.33. The molecule has 2 rings (SSSR count). The Hall–Kier alpha value is -1.38. The Morgan fingerprint density at radius 2 is 1.94 bits per heavy atom. The van der Waals surface area contributed by atoms with E-state index in [-0.39, 0.29) is 28.8 Å². The summed E-state index contributed by atoms with van der Waals surface area (Å²) < 4.78 is 0. The van der Waals surface area contributed by atoms with Gasteiger partial charge in [0.05, 0.1) is 5.57 Å². The van der Waals surface area contributed by atoms with Gasteiger partial charge in [0.2, 0.25) is 0 Å². The topological polar surface area (TPSA) is 54.4 Å². The van der Waals surface area contributed by atoms with E-state index >= 15 is 0 Å². The standard InChI is InChI=1S/C14H18O3/c1-7-5-10-12(16)11(9(3)15)13(17)14(10,4)6-8(7)2/h10,17H,5-6H2,1-4H3/t10-,14-/m0/s1. The van der Waals surface area contributed by atoms with Gasteiger partial charge in [0.15, 0.2) is 11.6 Å². The quantitative estimate of drug-likeness (QED) is 0.560. The van der Waals surface area contributed by atoms with Crippen LogP contribution in [0.2, 0.25) is 0 Å². The van der Waals surface area contributed by atoms with E-state index in [1.807, 2.05) is 20.8 Å². The number of Topliss-reactive ketones (excluding diaryl/α,β-unsaturated/α-hetero) is 2. The van der Waals surface area contributed by atoms with E-state index in [4.69, 9.17) is 0 Å². The van der Waals surface area contributed by atoms with Crippen LogP contribution < -0.4 is 0 Å². The molecule has 3 nitrogen and oxygen atoms in total. The Labute approximate surface area is 101 Å². The van der Waals surface area contributed by atoms with Gasteiger partial charge in [-0.1, -0.05) is 18.1 Å². The molecule has 2 aliphatic carbocycles. The number of carbonyl (C=O) groups is 2. The summed E-state index contributed by atoms with van der Waals surface area (Å²) in [6.45, 7) is 7.28. The number of carbonyl (C=O) groups excluding carboxylic acids is 2. The number of aliphatic hydroxyl groups excluding tert-OH is 1. The lowest BCUT2D eigenvalue weighted by Gasteiger charge is -2.36.